The van der Waals surface area contributed by atoms with Gasteiger partial charge >= 0.3 is 0 Å². The Balaban J connectivity index is 2.24. The molecule has 0 atom stereocenters. The van der Waals surface area contributed by atoms with Crippen LogP contribution in [0, 0.1) is 11.3 Å². The van der Waals surface area contributed by atoms with E-state index in [0.717, 1.165) is 32.5 Å². The van der Waals surface area contributed by atoms with Gasteiger partial charge in [-0.05, 0) is 31.0 Å². The molecule has 1 heterocycles. The van der Waals surface area contributed by atoms with Gasteiger partial charge in [0.25, 0.3) is 0 Å². The van der Waals surface area contributed by atoms with Gasteiger partial charge in [0.05, 0.1) is 6.07 Å². The Morgan fingerprint density at radius 2 is 2.33 bits per heavy atom. The largest absolute Gasteiger partial charge is 0.354 e. The van der Waals surface area contributed by atoms with Crippen molar-refractivity contribution in [2.75, 3.05) is 6.54 Å². The summed E-state index contributed by atoms with van der Waals surface area (Å²) in [5, 5.41) is 11.7. The Morgan fingerprint density at radius 1 is 1.47 bits per heavy atom. The lowest BCUT2D eigenvalue weighted by atomic mass is 10.2. The molecule has 1 aromatic rings. The lowest BCUT2D eigenvalue weighted by Gasteiger charge is -2.01. The lowest BCUT2D eigenvalue weighted by molar-refractivity contribution is 0.616. The first-order valence-corrected chi connectivity index (χ1v) is 5.59. The van der Waals surface area contributed by atoms with E-state index in [4.69, 9.17) is 5.26 Å². The summed E-state index contributed by atoms with van der Waals surface area (Å²) in [4.78, 5) is 0. The van der Waals surface area contributed by atoms with E-state index in [2.05, 4.69) is 41.3 Å². The predicted octanol–water partition coefficient (Wildman–Crippen LogP) is 2.29. The molecule has 0 aliphatic carbocycles. The molecule has 1 aromatic heterocycles. The zero-order chi connectivity index (χ0) is 10.9. The van der Waals surface area contributed by atoms with E-state index in [9.17, 15) is 0 Å². The van der Waals surface area contributed by atoms with Gasteiger partial charge in [-0.25, -0.2) is 0 Å². The number of hydrogen-bond acceptors (Lipinski definition) is 2. The first-order valence-electron chi connectivity index (χ1n) is 5.59. The van der Waals surface area contributed by atoms with Crippen LogP contribution in [0.1, 0.15) is 31.7 Å². The van der Waals surface area contributed by atoms with Crippen molar-refractivity contribution in [1.82, 2.24) is 9.88 Å². The maximum absolute atomic E-state index is 8.40. The third kappa shape index (κ3) is 4.66. The van der Waals surface area contributed by atoms with Gasteiger partial charge in [0, 0.05) is 31.9 Å². The Bertz CT molecular complexity index is 309. The number of aryl methyl sites for hydroxylation is 1. The van der Waals surface area contributed by atoms with Crippen molar-refractivity contribution in [2.45, 2.75) is 39.3 Å². The molecule has 1 N–H and O–H groups in total. The number of nitrogens with one attached hydrogen (secondary N) is 1. The molecule has 3 nitrogen and oxygen atoms in total. The SMILES string of the molecule is CCNCc1ccn(CCCCC#N)c1. The van der Waals surface area contributed by atoms with E-state index in [-0.39, 0.29) is 0 Å². The third-order valence-electron chi connectivity index (χ3n) is 2.35. The minimum absolute atomic E-state index is 0.672. The van der Waals surface area contributed by atoms with Crippen LogP contribution in [0.5, 0.6) is 0 Å². The summed E-state index contributed by atoms with van der Waals surface area (Å²) < 4.78 is 2.20. The lowest BCUT2D eigenvalue weighted by Crippen LogP contribution is -2.11. The first-order chi connectivity index (χ1) is 7.36. The Morgan fingerprint density at radius 3 is 3.07 bits per heavy atom. The molecule has 0 aliphatic rings. The average Bonchev–Trinajstić information content (AvgIpc) is 2.69. The monoisotopic (exact) mass is 205 g/mol. The number of hydrogen-bond donors (Lipinski definition) is 1. The van der Waals surface area contributed by atoms with E-state index in [0.29, 0.717) is 6.42 Å². The van der Waals surface area contributed by atoms with Crippen molar-refractivity contribution in [3.63, 3.8) is 0 Å². The maximum atomic E-state index is 8.40. The Hall–Kier alpha value is -1.27. The van der Waals surface area contributed by atoms with Gasteiger partial charge in [-0.2, -0.15) is 5.26 Å². The van der Waals surface area contributed by atoms with Crippen molar-refractivity contribution in [2.24, 2.45) is 0 Å². The number of nitriles is 1. The predicted molar refractivity (Wildman–Crippen MR) is 61.3 cm³/mol. The molecule has 15 heavy (non-hydrogen) atoms. The second-order valence-corrected chi connectivity index (χ2v) is 3.65. The van der Waals surface area contributed by atoms with E-state index in [1.165, 1.54) is 5.56 Å². The van der Waals surface area contributed by atoms with Gasteiger partial charge in [-0.3, -0.25) is 0 Å². The number of nitrogens with zero attached hydrogens (tertiary/aromatic N) is 2. The van der Waals surface area contributed by atoms with Crippen molar-refractivity contribution in [3.05, 3.63) is 24.0 Å². The normalized spacial score (nSPS) is 10.1. The van der Waals surface area contributed by atoms with Crippen LogP contribution in [0.2, 0.25) is 0 Å². The molecule has 0 spiro atoms. The summed E-state index contributed by atoms with van der Waals surface area (Å²) in [5.41, 5.74) is 1.33. The molecule has 82 valence electrons. The Kier molecular flexibility index (Phi) is 5.57. The number of unbranched alkanes of at least 4 members (excludes halogenated alkanes) is 2. The Labute approximate surface area is 91.7 Å². The van der Waals surface area contributed by atoms with Crippen molar-refractivity contribution in [1.29, 1.82) is 5.26 Å². The van der Waals surface area contributed by atoms with Crippen LogP contribution in [0.15, 0.2) is 18.5 Å². The summed E-state index contributed by atoms with van der Waals surface area (Å²) >= 11 is 0. The van der Waals surface area contributed by atoms with E-state index in [1.54, 1.807) is 0 Å². The fourth-order valence-electron chi connectivity index (χ4n) is 1.50. The van der Waals surface area contributed by atoms with Gasteiger partial charge < -0.3 is 9.88 Å². The van der Waals surface area contributed by atoms with E-state index >= 15 is 0 Å². The van der Waals surface area contributed by atoms with Gasteiger partial charge in [-0.1, -0.05) is 6.92 Å². The summed E-state index contributed by atoms with van der Waals surface area (Å²) in [6, 6.07) is 4.31. The maximum Gasteiger partial charge on any atom is 0.0621 e. The van der Waals surface area contributed by atoms with Crippen LogP contribution in [0.4, 0.5) is 0 Å². The van der Waals surface area contributed by atoms with E-state index < -0.39 is 0 Å². The second-order valence-electron chi connectivity index (χ2n) is 3.65. The first kappa shape index (κ1) is 11.8. The summed E-state index contributed by atoms with van der Waals surface area (Å²) in [5.74, 6) is 0. The summed E-state index contributed by atoms with van der Waals surface area (Å²) in [6.45, 7) is 5.09. The van der Waals surface area contributed by atoms with Gasteiger partial charge in [-0.15, -0.1) is 0 Å². The van der Waals surface area contributed by atoms with Gasteiger partial charge in [0.1, 0.15) is 0 Å². The van der Waals surface area contributed by atoms with E-state index in [1.807, 2.05) is 0 Å². The molecule has 0 saturated carbocycles. The molecule has 0 saturated heterocycles. The number of rotatable bonds is 7. The highest BCUT2D eigenvalue weighted by Crippen LogP contribution is 2.04. The standard InChI is InChI=1S/C12H19N3/c1-2-14-10-12-6-9-15(11-12)8-5-3-4-7-13/h6,9,11,14H,2-5,8,10H2,1H3. The second kappa shape index (κ2) is 7.08. The minimum atomic E-state index is 0.672. The molecule has 3 heteroatoms. The molecule has 0 aromatic carbocycles. The van der Waals surface area contributed by atoms with Crippen molar-refractivity contribution >= 4 is 0 Å². The van der Waals surface area contributed by atoms with Crippen LogP contribution >= 0.6 is 0 Å². The van der Waals surface area contributed by atoms with Gasteiger partial charge in [0.2, 0.25) is 0 Å². The van der Waals surface area contributed by atoms with Crippen LogP contribution in [0.25, 0.3) is 0 Å². The van der Waals surface area contributed by atoms with Crippen molar-refractivity contribution < 1.29 is 0 Å². The molecule has 0 amide bonds. The zero-order valence-electron chi connectivity index (χ0n) is 9.37. The van der Waals surface area contributed by atoms with Gasteiger partial charge in [0.15, 0.2) is 0 Å². The smallest absolute Gasteiger partial charge is 0.0621 e. The molecular formula is C12H19N3. The molecule has 0 aliphatic heterocycles. The summed E-state index contributed by atoms with van der Waals surface area (Å²) in [7, 11) is 0. The minimum Gasteiger partial charge on any atom is -0.354 e. The fourth-order valence-corrected chi connectivity index (χ4v) is 1.50. The van der Waals surface area contributed by atoms with Crippen LogP contribution in [0.3, 0.4) is 0 Å². The highest BCUT2D eigenvalue weighted by molar-refractivity contribution is 5.09. The molecule has 0 fully saturated rings. The molecule has 0 unspecified atom stereocenters. The van der Waals surface area contributed by atoms with Crippen LogP contribution < -0.4 is 5.32 Å². The third-order valence-corrected chi connectivity index (χ3v) is 2.35. The summed E-state index contributed by atoms with van der Waals surface area (Å²) in [6.07, 6.45) is 7.04. The van der Waals surface area contributed by atoms with Crippen LogP contribution in [-0.4, -0.2) is 11.1 Å². The quantitative estimate of drug-likeness (QED) is 0.694. The highest BCUT2D eigenvalue weighted by Gasteiger charge is 1.96. The molecular weight excluding hydrogens is 186 g/mol. The fraction of sp³-hybridized carbons (Fsp3) is 0.583. The number of aromatic nitrogens is 1. The molecule has 0 radical (unpaired) electrons. The molecule has 1 rings (SSSR count). The topological polar surface area (TPSA) is 40.8 Å². The molecule has 0 bridgehead atoms. The highest BCUT2D eigenvalue weighted by atomic mass is 14.9. The zero-order valence-corrected chi connectivity index (χ0v) is 9.37. The van der Waals surface area contributed by atoms with Crippen molar-refractivity contribution in [3.8, 4) is 6.07 Å². The average molecular weight is 205 g/mol. The van der Waals surface area contributed by atoms with Crippen LogP contribution in [-0.2, 0) is 13.1 Å².